The number of rotatable bonds is 6. The Morgan fingerprint density at radius 2 is 2.27 bits per heavy atom. The maximum Gasteiger partial charge on any atom is 0.119 e. The van der Waals surface area contributed by atoms with E-state index in [0.717, 1.165) is 43.4 Å². The highest BCUT2D eigenvalue weighted by molar-refractivity contribution is 5.29. The van der Waals surface area contributed by atoms with Crippen molar-refractivity contribution in [2.24, 2.45) is 0 Å². The van der Waals surface area contributed by atoms with Gasteiger partial charge in [0.05, 0.1) is 12.9 Å². The fraction of sp³-hybridized carbons (Fsp3) is 0.385. The summed E-state index contributed by atoms with van der Waals surface area (Å²) in [5.74, 6) is 0.910. The van der Waals surface area contributed by atoms with Crippen LogP contribution < -0.4 is 4.74 Å². The third-order valence-electron chi connectivity index (χ3n) is 2.12. The standard InChI is InChI=1S/C13H18O2/c1-2-3-10-15-13-8-4-6-12(11-13)7-5-9-14/h4-6,8-9,11,14H,2-3,7,10H2,1H3. The van der Waals surface area contributed by atoms with Crippen LogP contribution in [-0.4, -0.2) is 11.7 Å². The molecule has 0 atom stereocenters. The maximum atomic E-state index is 8.56. The van der Waals surface area contributed by atoms with E-state index in [0.29, 0.717) is 0 Å². The van der Waals surface area contributed by atoms with Gasteiger partial charge in [-0.05, 0) is 36.6 Å². The highest BCUT2D eigenvalue weighted by atomic mass is 16.5. The van der Waals surface area contributed by atoms with Crippen LogP contribution in [0.3, 0.4) is 0 Å². The molecule has 0 aliphatic rings. The van der Waals surface area contributed by atoms with E-state index in [1.807, 2.05) is 24.3 Å². The molecule has 0 spiro atoms. The summed E-state index contributed by atoms with van der Waals surface area (Å²) in [5, 5.41) is 8.56. The number of hydrogen-bond acceptors (Lipinski definition) is 2. The Morgan fingerprint density at radius 3 is 3.00 bits per heavy atom. The Labute approximate surface area is 91.2 Å². The van der Waals surface area contributed by atoms with E-state index in [9.17, 15) is 0 Å². The molecule has 0 radical (unpaired) electrons. The lowest BCUT2D eigenvalue weighted by Gasteiger charge is -2.06. The summed E-state index contributed by atoms with van der Waals surface area (Å²) in [7, 11) is 0. The van der Waals surface area contributed by atoms with E-state index in [1.54, 1.807) is 6.08 Å². The molecular formula is C13H18O2. The van der Waals surface area contributed by atoms with Gasteiger partial charge in [0.1, 0.15) is 5.75 Å². The number of unbranched alkanes of at least 4 members (excludes halogenated alkanes) is 1. The summed E-state index contributed by atoms with van der Waals surface area (Å²) in [4.78, 5) is 0. The molecule has 1 rings (SSSR count). The Balaban J connectivity index is 2.49. The Kier molecular flexibility index (Phi) is 5.38. The molecule has 0 saturated carbocycles. The predicted octanol–water partition coefficient (Wildman–Crippen LogP) is 3.48. The van der Waals surface area contributed by atoms with Crippen molar-refractivity contribution in [1.82, 2.24) is 0 Å². The first-order valence-electron chi connectivity index (χ1n) is 5.37. The molecule has 0 amide bonds. The summed E-state index contributed by atoms with van der Waals surface area (Å²) in [6, 6.07) is 7.96. The zero-order valence-corrected chi connectivity index (χ0v) is 9.15. The van der Waals surface area contributed by atoms with E-state index in [1.165, 1.54) is 0 Å². The fourth-order valence-electron chi connectivity index (χ4n) is 1.29. The first kappa shape index (κ1) is 11.6. The van der Waals surface area contributed by atoms with Gasteiger partial charge in [0.25, 0.3) is 0 Å². The van der Waals surface area contributed by atoms with Crippen molar-refractivity contribution in [2.75, 3.05) is 6.61 Å². The molecule has 1 aromatic rings. The van der Waals surface area contributed by atoms with E-state index in [-0.39, 0.29) is 0 Å². The van der Waals surface area contributed by atoms with E-state index >= 15 is 0 Å². The summed E-state index contributed by atoms with van der Waals surface area (Å²) in [6.07, 6.45) is 5.75. The van der Waals surface area contributed by atoms with Crippen LogP contribution in [0.25, 0.3) is 0 Å². The normalized spacial score (nSPS) is 10.7. The summed E-state index contributed by atoms with van der Waals surface area (Å²) < 4.78 is 5.58. The SMILES string of the molecule is CCCCOc1cccc(CC=CO)c1. The molecule has 0 saturated heterocycles. The van der Waals surface area contributed by atoms with Gasteiger partial charge in [-0.25, -0.2) is 0 Å². The van der Waals surface area contributed by atoms with Gasteiger partial charge in [-0.3, -0.25) is 0 Å². The summed E-state index contributed by atoms with van der Waals surface area (Å²) in [6.45, 7) is 2.92. The van der Waals surface area contributed by atoms with Crippen LogP contribution in [0.5, 0.6) is 5.75 Å². The van der Waals surface area contributed by atoms with Crippen molar-refractivity contribution in [3.63, 3.8) is 0 Å². The molecule has 0 fully saturated rings. The third-order valence-corrected chi connectivity index (χ3v) is 2.12. The number of hydrogen-bond donors (Lipinski definition) is 1. The molecule has 0 aliphatic carbocycles. The molecule has 1 aromatic carbocycles. The molecule has 0 bridgehead atoms. The van der Waals surface area contributed by atoms with Crippen molar-refractivity contribution >= 4 is 0 Å². The van der Waals surface area contributed by atoms with E-state index in [2.05, 4.69) is 6.92 Å². The first-order chi connectivity index (χ1) is 7.36. The Hall–Kier alpha value is -1.44. The zero-order valence-electron chi connectivity index (χ0n) is 9.15. The van der Waals surface area contributed by atoms with Gasteiger partial charge >= 0.3 is 0 Å². The second kappa shape index (κ2) is 6.93. The van der Waals surface area contributed by atoms with Crippen molar-refractivity contribution in [2.45, 2.75) is 26.2 Å². The average Bonchev–Trinajstić information content (AvgIpc) is 2.27. The van der Waals surface area contributed by atoms with Gasteiger partial charge in [0.2, 0.25) is 0 Å². The lowest BCUT2D eigenvalue weighted by Crippen LogP contribution is -1.96. The van der Waals surface area contributed by atoms with Crippen LogP contribution in [0, 0.1) is 0 Å². The lowest BCUT2D eigenvalue weighted by atomic mass is 10.1. The Morgan fingerprint density at radius 1 is 1.40 bits per heavy atom. The lowest BCUT2D eigenvalue weighted by molar-refractivity contribution is 0.309. The highest BCUT2D eigenvalue weighted by Gasteiger charge is 1.95. The number of allylic oxidation sites excluding steroid dienone is 1. The molecule has 2 heteroatoms. The average molecular weight is 206 g/mol. The molecule has 1 N–H and O–H groups in total. The van der Waals surface area contributed by atoms with Crippen LogP contribution in [0.4, 0.5) is 0 Å². The van der Waals surface area contributed by atoms with Crippen molar-refractivity contribution in [3.8, 4) is 5.75 Å². The number of aliphatic hydroxyl groups is 1. The second-order valence-corrected chi connectivity index (χ2v) is 3.44. The minimum atomic E-state index is 0.738. The molecule has 15 heavy (non-hydrogen) atoms. The minimum absolute atomic E-state index is 0.738. The van der Waals surface area contributed by atoms with Gasteiger partial charge in [0, 0.05) is 0 Å². The largest absolute Gasteiger partial charge is 0.516 e. The van der Waals surface area contributed by atoms with Gasteiger partial charge < -0.3 is 9.84 Å². The van der Waals surface area contributed by atoms with Crippen molar-refractivity contribution < 1.29 is 9.84 Å². The van der Waals surface area contributed by atoms with Crippen LogP contribution in [-0.2, 0) is 6.42 Å². The monoisotopic (exact) mass is 206 g/mol. The molecule has 2 nitrogen and oxygen atoms in total. The van der Waals surface area contributed by atoms with Crippen LogP contribution in [0.2, 0.25) is 0 Å². The second-order valence-electron chi connectivity index (χ2n) is 3.44. The van der Waals surface area contributed by atoms with Gasteiger partial charge in [-0.2, -0.15) is 0 Å². The molecule has 0 aromatic heterocycles. The maximum absolute atomic E-state index is 8.56. The summed E-state index contributed by atoms with van der Waals surface area (Å²) in [5.41, 5.74) is 1.15. The summed E-state index contributed by atoms with van der Waals surface area (Å²) >= 11 is 0. The van der Waals surface area contributed by atoms with Crippen molar-refractivity contribution in [3.05, 3.63) is 42.2 Å². The smallest absolute Gasteiger partial charge is 0.119 e. The first-order valence-corrected chi connectivity index (χ1v) is 5.37. The van der Waals surface area contributed by atoms with Gasteiger partial charge in [-0.1, -0.05) is 25.5 Å². The number of ether oxygens (including phenoxy) is 1. The topological polar surface area (TPSA) is 29.5 Å². The van der Waals surface area contributed by atoms with Crippen LogP contribution in [0.1, 0.15) is 25.3 Å². The quantitative estimate of drug-likeness (QED) is 0.570. The van der Waals surface area contributed by atoms with Gasteiger partial charge in [0.15, 0.2) is 0 Å². The fourth-order valence-corrected chi connectivity index (χ4v) is 1.29. The molecule has 0 unspecified atom stereocenters. The van der Waals surface area contributed by atoms with E-state index in [4.69, 9.17) is 9.84 Å². The van der Waals surface area contributed by atoms with E-state index < -0.39 is 0 Å². The molecule has 0 heterocycles. The molecule has 0 aliphatic heterocycles. The van der Waals surface area contributed by atoms with Gasteiger partial charge in [-0.15, -0.1) is 0 Å². The minimum Gasteiger partial charge on any atom is -0.516 e. The highest BCUT2D eigenvalue weighted by Crippen LogP contribution is 2.14. The molecular weight excluding hydrogens is 188 g/mol. The number of aliphatic hydroxyl groups excluding tert-OH is 1. The zero-order chi connectivity index (χ0) is 10.9. The van der Waals surface area contributed by atoms with Crippen LogP contribution in [0.15, 0.2) is 36.6 Å². The predicted molar refractivity (Wildman–Crippen MR) is 62.3 cm³/mol. The van der Waals surface area contributed by atoms with Crippen LogP contribution >= 0.6 is 0 Å². The number of benzene rings is 1. The third kappa shape index (κ3) is 4.54. The Bertz CT molecular complexity index is 305. The van der Waals surface area contributed by atoms with Crippen molar-refractivity contribution in [1.29, 1.82) is 0 Å². The molecule has 82 valence electrons.